The Morgan fingerprint density at radius 1 is 1.44 bits per heavy atom. The van der Waals surface area contributed by atoms with Crippen LogP contribution in [0.25, 0.3) is 0 Å². The monoisotopic (exact) mass is 156 g/mol. The van der Waals surface area contributed by atoms with Crippen molar-refractivity contribution in [3.05, 3.63) is 11.0 Å². The van der Waals surface area contributed by atoms with Gasteiger partial charge in [0, 0.05) is 6.08 Å². The zero-order chi connectivity index (χ0) is 7.49. The first-order chi connectivity index (χ1) is 3.95. The zero-order valence-corrected chi connectivity index (χ0v) is 5.94. The number of alkyl halides is 3. The van der Waals surface area contributed by atoms with E-state index in [1.807, 2.05) is 0 Å². The molecule has 0 unspecified atom stereocenters. The Hall–Kier alpha value is -0.120. The summed E-state index contributed by atoms with van der Waals surface area (Å²) in [4.78, 5) is 0.280. The summed E-state index contributed by atoms with van der Waals surface area (Å²) in [6.45, 7) is 1.43. The van der Waals surface area contributed by atoms with Crippen molar-refractivity contribution in [1.29, 1.82) is 0 Å². The highest BCUT2D eigenvalue weighted by Gasteiger charge is 2.22. The second kappa shape index (κ2) is 3.15. The molecule has 0 radical (unpaired) electrons. The smallest absolute Gasteiger partial charge is 0.167 e. The molecule has 0 aliphatic carbocycles. The van der Waals surface area contributed by atoms with Gasteiger partial charge < -0.3 is 0 Å². The third-order valence-electron chi connectivity index (χ3n) is 0.689. The summed E-state index contributed by atoms with van der Waals surface area (Å²) in [5, 5.41) is 0. The second-order valence-electron chi connectivity index (χ2n) is 1.50. The van der Waals surface area contributed by atoms with Crippen molar-refractivity contribution in [2.75, 3.05) is 6.26 Å². The molecule has 0 aliphatic rings. The van der Waals surface area contributed by atoms with Crippen molar-refractivity contribution in [1.82, 2.24) is 0 Å². The summed E-state index contributed by atoms with van der Waals surface area (Å²) in [6.07, 6.45) is -2.26. The Kier molecular flexibility index (Phi) is 3.11. The fourth-order valence-corrected chi connectivity index (χ4v) is 0.541. The molecule has 0 nitrogen and oxygen atoms in total. The normalized spacial score (nSPS) is 14.1. The highest BCUT2D eigenvalue weighted by molar-refractivity contribution is 8.02. The highest BCUT2D eigenvalue weighted by atomic mass is 32.2. The van der Waals surface area contributed by atoms with Gasteiger partial charge in [0.25, 0.3) is 0 Å². The molecule has 0 aromatic heterocycles. The van der Waals surface area contributed by atoms with Gasteiger partial charge in [-0.3, -0.25) is 0 Å². The summed E-state index contributed by atoms with van der Waals surface area (Å²) in [5.74, 6) is 0. The summed E-state index contributed by atoms with van der Waals surface area (Å²) in [5.41, 5.74) is 0. The molecule has 0 fully saturated rings. The van der Waals surface area contributed by atoms with Crippen molar-refractivity contribution in [3.8, 4) is 0 Å². The Labute approximate surface area is 56.1 Å². The van der Waals surface area contributed by atoms with E-state index in [2.05, 4.69) is 0 Å². The number of halogens is 3. The summed E-state index contributed by atoms with van der Waals surface area (Å²) in [7, 11) is 0. The van der Waals surface area contributed by atoms with Gasteiger partial charge in [-0.15, -0.1) is 11.8 Å². The Balaban J connectivity index is 3.95. The molecule has 0 heterocycles. The van der Waals surface area contributed by atoms with E-state index in [0.717, 1.165) is 11.8 Å². The fourth-order valence-electron chi connectivity index (χ4n) is 0.289. The molecule has 4 heteroatoms. The molecule has 0 bridgehead atoms. The minimum Gasteiger partial charge on any atom is -0.167 e. The number of allylic oxidation sites excluding steroid dienone is 2. The molecule has 0 aliphatic heterocycles. The van der Waals surface area contributed by atoms with Crippen LogP contribution in [0.15, 0.2) is 11.0 Å². The molecule has 9 heavy (non-hydrogen) atoms. The molecule has 0 rings (SSSR count). The Morgan fingerprint density at radius 3 is 2.00 bits per heavy atom. The van der Waals surface area contributed by atoms with Gasteiger partial charge in [0.05, 0.1) is 0 Å². The molecule has 0 saturated heterocycles. The Bertz CT molecular complexity index is 114. The predicted octanol–water partition coefficient (Wildman–Crippen LogP) is 2.82. The van der Waals surface area contributed by atoms with Crippen LogP contribution in [0.4, 0.5) is 13.2 Å². The van der Waals surface area contributed by atoms with Gasteiger partial charge in [-0.2, -0.15) is 13.2 Å². The highest BCUT2D eigenvalue weighted by Crippen LogP contribution is 2.22. The van der Waals surface area contributed by atoms with Crippen LogP contribution >= 0.6 is 11.8 Å². The van der Waals surface area contributed by atoms with Crippen molar-refractivity contribution in [2.24, 2.45) is 0 Å². The average Bonchev–Trinajstić information content (AvgIpc) is 1.62. The maximum Gasteiger partial charge on any atom is 0.410 e. The Morgan fingerprint density at radius 2 is 1.89 bits per heavy atom. The molecule has 54 valence electrons. The van der Waals surface area contributed by atoms with E-state index in [1.54, 1.807) is 6.26 Å². The lowest BCUT2D eigenvalue weighted by molar-refractivity contribution is -0.0801. The lowest BCUT2D eigenvalue weighted by Gasteiger charge is -1.99. The number of hydrogen-bond donors (Lipinski definition) is 0. The first kappa shape index (κ1) is 8.88. The summed E-state index contributed by atoms with van der Waals surface area (Å²) >= 11 is 1.09. The van der Waals surface area contributed by atoms with E-state index in [-0.39, 0.29) is 11.0 Å². The third kappa shape index (κ3) is 5.76. The van der Waals surface area contributed by atoms with Crippen LogP contribution in [-0.4, -0.2) is 12.4 Å². The first-order valence-corrected chi connectivity index (χ1v) is 3.48. The maximum atomic E-state index is 11.4. The van der Waals surface area contributed by atoms with E-state index in [9.17, 15) is 13.2 Å². The molecule has 0 atom stereocenters. The van der Waals surface area contributed by atoms with E-state index in [0.29, 0.717) is 0 Å². The van der Waals surface area contributed by atoms with Crippen LogP contribution in [0.3, 0.4) is 0 Å². The molecule has 0 aromatic rings. The lowest BCUT2D eigenvalue weighted by atomic mass is 10.5. The number of hydrogen-bond acceptors (Lipinski definition) is 1. The lowest BCUT2D eigenvalue weighted by Crippen LogP contribution is -2.01. The molecule has 0 spiro atoms. The molecule has 0 aromatic carbocycles. The van der Waals surface area contributed by atoms with E-state index in [1.165, 1.54) is 6.92 Å². The van der Waals surface area contributed by atoms with Gasteiger partial charge in [-0.05, 0) is 18.1 Å². The largest absolute Gasteiger partial charge is 0.410 e. The SMILES string of the molecule is CS/C(C)=C\C(F)(F)F. The van der Waals surface area contributed by atoms with E-state index < -0.39 is 6.18 Å². The second-order valence-corrected chi connectivity index (χ2v) is 2.55. The standard InChI is InChI=1S/C5H7F3S/c1-4(9-2)3-5(6,7)8/h3H,1-2H3/b4-3-. The summed E-state index contributed by atoms with van der Waals surface area (Å²) < 4.78 is 34.2. The number of rotatable bonds is 1. The average molecular weight is 156 g/mol. The fraction of sp³-hybridized carbons (Fsp3) is 0.600. The van der Waals surface area contributed by atoms with Crippen LogP contribution in [0.1, 0.15) is 6.92 Å². The minimum atomic E-state index is -4.16. The molecular weight excluding hydrogens is 149 g/mol. The van der Waals surface area contributed by atoms with Crippen molar-refractivity contribution >= 4 is 11.8 Å². The summed E-state index contributed by atoms with van der Waals surface area (Å²) in [6, 6.07) is 0. The molecule has 0 saturated carbocycles. The van der Waals surface area contributed by atoms with Crippen LogP contribution < -0.4 is 0 Å². The van der Waals surface area contributed by atoms with Crippen LogP contribution in [-0.2, 0) is 0 Å². The van der Waals surface area contributed by atoms with Gasteiger partial charge in [-0.1, -0.05) is 0 Å². The predicted molar refractivity (Wildman–Crippen MR) is 33.3 cm³/mol. The van der Waals surface area contributed by atoms with Gasteiger partial charge >= 0.3 is 6.18 Å². The maximum absolute atomic E-state index is 11.4. The number of thioether (sulfide) groups is 1. The molecule has 0 N–H and O–H groups in total. The van der Waals surface area contributed by atoms with Crippen molar-refractivity contribution < 1.29 is 13.2 Å². The third-order valence-corrected chi connectivity index (χ3v) is 1.45. The van der Waals surface area contributed by atoms with Crippen LogP contribution in [0, 0.1) is 0 Å². The quantitative estimate of drug-likeness (QED) is 0.562. The topological polar surface area (TPSA) is 0 Å². The van der Waals surface area contributed by atoms with Crippen molar-refractivity contribution in [3.63, 3.8) is 0 Å². The molecular formula is C5H7F3S. The van der Waals surface area contributed by atoms with E-state index in [4.69, 9.17) is 0 Å². The minimum absolute atomic E-state index is 0.280. The van der Waals surface area contributed by atoms with Crippen LogP contribution in [0.2, 0.25) is 0 Å². The van der Waals surface area contributed by atoms with Gasteiger partial charge in [0.15, 0.2) is 0 Å². The molecule has 0 amide bonds. The van der Waals surface area contributed by atoms with E-state index >= 15 is 0 Å². The van der Waals surface area contributed by atoms with Gasteiger partial charge in [0.2, 0.25) is 0 Å². The van der Waals surface area contributed by atoms with Gasteiger partial charge in [-0.25, -0.2) is 0 Å². The zero-order valence-electron chi connectivity index (χ0n) is 5.12. The van der Waals surface area contributed by atoms with Crippen molar-refractivity contribution in [2.45, 2.75) is 13.1 Å². The van der Waals surface area contributed by atoms with Crippen LogP contribution in [0.5, 0.6) is 0 Å². The first-order valence-electron chi connectivity index (χ1n) is 2.26. The van der Waals surface area contributed by atoms with Gasteiger partial charge in [0.1, 0.15) is 0 Å².